The van der Waals surface area contributed by atoms with E-state index in [1.165, 1.54) is 6.07 Å². The van der Waals surface area contributed by atoms with Crippen LogP contribution in [0.3, 0.4) is 0 Å². The van der Waals surface area contributed by atoms with Crippen molar-refractivity contribution in [2.24, 2.45) is 4.99 Å². The molecule has 0 bridgehead atoms. The smallest absolute Gasteiger partial charge is 0.366 e. The second-order valence-electron chi connectivity index (χ2n) is 7.32. The summed E-state index contributed by atoms with van der Waals surface area (Å²) in [7, 11) is 1.86. The summed E-state index contributed by atoms with van der Waals surface area (Å²) in [5.74, 6) is 0.322. The third kappa shape index (κ3) is 4.90. The van der Waals surface area contributed by atoms with E-state index in [1.54, 1.807) is 12.4 Å². The summed E-state index contributed by atoms with van der Waals surface area (Å²) in [5, 5.41) is 0. The van der Waals surface area contributed by atoms with Gasteiger partial charge in [0.2, 0.25) is 0 Å². The molecular weight excluding hydrogens is 349 g/mol. The lowest BCUT2D eigenvalue weighted by Crippen LogP contribution is -2.14. The van der Waals surface area contributed by atoms with Crippen LogP contribution in [0.25, 0.3) is 0 Å². The van der Waals surface area contributed by atoms with Gasteiger partial charge in [0.05, 0.1) is 17.6 Å². The molecule has 1 fully saturated rings. The molecule has 0 heterocycles. The van der Waals surface area contributed by atoms with Crippen LogP contribution in [0.1, 0.15) is 53.5 Å². The third-order valence-electron chi connectivity index (χ3n) is 4.94. The van der Waals surface area contributed by atoms with Gasteiger partial charge in [-0.05, 0) is 61.8 Å². The summed E-state index contributed by atoms with van der Waals surface area (Å²) in [6.45, 7) is 4.67. The van der Waals surface area contributed by atoms with Crippen LogP contribution in [-0.2, 0) is 12.6 Å². The molecule has 1 saturated carbocycles. The zero-order chi connectivity index (χ0) is 19.6. The van der Waals surface area contributed by atoms with Gasteiger partial charge in [0.25, 0.3) is 0 Å². The quantitative estimate of drug-likeness (QED) is 0.441. The van der Waals surface area contributed by atoms with Crippen molar-refractivity contribution < 1.29 is 13.2 Å². The highest BCUT2D eigenvalue weighted by molar-refractivity contribution is 5.65. The van der Waals surface area contributed by atoms with E-state index in [-0.39, 0.29) is 6.42 Å². The van der Waals surface area contributed by atoms with E-state index in [0.29, 0.717) is 17.2 Å². The minimum atomic E-state index is -4.40. The van der Waals surface area contributed by atoms with E-state index in [4.69, 9.17) is 0 Å². The lowest BCUT2D eigenvalue weighted by molar-refractivity contribution is -0.138. The van der Waals surface area contributed by atoms with Crippen LogP contribution < -0.4 is 0 Å². The van der Waals surface area contributed by atoms with Gasteiger partial charge >= 0.3 is 6.18 Å². The number of aryl methyl sites for hydroxylation is 1. The van der Waals surface area contributed by atoms with Crippen LogP contribution in [0.2, 0.25) is 0 Å². The summed E-state index contributed by atoms with van der Waals surface area (Å²) in [4.78, 5) is 6.23. The molecule has 0 aromatic heterocycles. The molecule has 0 aliphatic heterocycles. The Morgan fingerprint density at radius 2 is 1.93 bits per heavy atom. The summed E-state index contributed by atoms with van der Waals surface area (Å²) >= 11 is 0. The van der Waals surface area contributed by atoms with Crippen LogP contribution in [0.5, 0.6) is 0 Å². The van der Waals surface area contributed by atoms with Crippen molar-refractivity contribution in [2.45, 2.75) is 45.2 Å². The van der Waals surface area contributed by atoms with Gasteiger partial charge in [0, 0.05) is 13.6 Å². The highest BCUT2D eigenvalue weighted by Gasteiger charge is 2.36. The normalized spacial score (nSPS) is 14.7. The summed E-state index contributed by atoms with van der Waals surface area (Å²) in [6.07, 6.45) is -0.484. The summed E-state index contributed by atoms with van der Waals surface area (Å²) < 4.78 is 41.3. The number of hydrogen-bond acceptors (Lipinski definition) is 1. The Hall–Kier alpha value is -2.30. The van der Waals surface area contributed by atoms with E-state index < -0.39 is 11.7 Å². The fraction of sp³-hybridized carbons (Fsp3) is 0.409. The predicted molar refractivity (Wildman–Crippen MR) is 104 cm³/mol. The molecule has 0 atom stereocenters. The van der Waals surface area contributed by atoms with Crippen molar-refractivity contribution in [2.75, 3.05) is 13.6 Å². The molecule has 2 aromatic carbocycles. The molecule has 1 aliphatic carbocycles. The topological polar surface area (TPSA) is 15.6 Å². The first-order valence-electron chi connectivity index (χ1n) is 9.32. The van der Waals surface area contributed by atoms with Crippen LogP contribution in [0, 0.1) is 6.92 Å². The van der Waals surface area contributed by atoms with Gasteiger partial charge in [-0.2, -0.15) is 13.2 Å². The van der Waals surface area contributed by atoms with Crippen molar-refractivity contribution >= 4 is 12.0 Å². The molecule has 0 amide bonds. The van der Waals surface area contributed by atoms with E-state index >= 15 is 0 Å². The maximum absolute atomic E-state index is 13.8. The second-order valence-corrected chi connectivity index (χ2v) is 7.32. The highest BCUT2D eigenvalue weighted by atomic mass is 19.4. The van der Waals surface area contributed by atoms with Crippen LogP contribution >= 0.6 is 0 Å². The van der Waals surface area contributed by atoms with Crippen LogP contribution in [0.15, 0.2) is 41.4 Å². The largest absolute Gasteiger partial charge is 0.416 e. The molecule has 5 heteroatoms. The number of halogens is 3. The van der Waals surface area contributed by atoms with E-state index in [2.05, 4.69) is 4.99 Å². The third-order valence-corrected chi connectivity index (χ3v) is 4.94. The van der Waals surface area contributed by atoms with Crippen molar-refractivity contribution in [3.63, 3.8) is 0 Å². The molecule has 2 nitrogen and oxygen atoms in total. The number of hydrogen-bond donors (Lipinski definition) is 0. The fourth-order valence-electron chi connectivity index (χ4n) is 3.18. The monoisotopic (exact) mass is 374 g/mol. The maximum Gasteiger partial charge on any atom is 0.416 e. The zero-order valence-corrected chi connectivity index (χ0v) is 16.0. The number of rotatable bonds is 6. The molecule has 0 N–H and O–H groups in total. The average Bonchev–Trinajstić information content (AvgIpc) is 3.44. The first-order valence-corrected chi connectivity index (χ1v) is 9.32. The average molecular weight is 374 g/mol. The predicted octanol–water partition coefficient (Wildman–Crippen LogP) is 6.09. The molecule has 2 aromatic rings. The number of aliphatic imine (C=N–C) groups is 1. The van der Waals surface area contributed by atoms with Gasteiger partial charge in [-0.1, -0.05) is 35.9 Å². The molecule has 1 aliphatic rings. The number of nitrogens with zero attached hydrogens (tertiary/aromatic N) is 2. The van der Waals surface area contributed by atoms with E-state index in [1.807, 2.05) is 50.1 Å². The van der Waals surface area contributed by atoms with Crippen molar-refractivity contribution in [3.05, 3.63) is 64.2 Å². The first kappa shape index (κ1) is 19.5. The molecule has 0 spiro atoms. The Bertz CT molecular complexity index is 836. The lowest BCUT2D eigenvalue weighted by atomic mass is 9.94. The SMILES string of the molecule is CCN(C)C=Nc1cc(C(F)(F)F)c(Cc2cccc(C)c2)cc1C1CC1. The van der Waals surface area contributed by atoms with Gasteiger partial charge in [-0.15, -0.1) is 0 Å². The van der Waals surface area contributed by atoms with Gasteiger partial charge in [0.15, 0.2) is 0 Å². The van der Waals surface area contributed by atoms with Crippen molar-refractivity contribution in [1.82, 2.24) is 4.90 Å². The van der Waals surface area contributed by atoms with Crippen LogP contribution in [0.4, 0.5) is 18.9 Å². The second kappa shape index (κ2) is 7.75. The summed E-state index contributed by atoms with van der Waals surface area (Å²) in [6, 6.07) is 10.6. The van der Waals surface area contributed by atoms with Crippen molar-refractivity contribution in [3.8, 4) is 0 Å². The molecule has 0 unspecified atom stereocenters. The number of alkyl halides is 3. The lowest BCUT2D eigenvalue weighted by Gasteiger charge is -2.17. The van der Waals surface area contributed by atoms with Gasteiger partial charge in [-0.25, -0.2) is 4.99 Å². The molecule has 27 heavy (non-hydrogen) atoms. The number of benzene rings is 2. The zero-order valence-electron chi connectivity index (χ0n) is 16.0. The Morgan fingerprint density at radius 1 is 1.19 bits per heavy atom. The molecule has 144 valence electrons. The maximum atomic E-state index is 13.8. The molecule has 0 radical (unpaired) electrons. The van der Waals surface area contributed by atoms with Crippen molar-refractivity contribution in [1.29, 1.82) is 0 Å². The minimum absolute atomic E-state index is 0.273. The standard InChI is InChI=1S/C22H25F3N2/c1-4-27(3)14-26-21-13-20(22(23,24)25)18(12-19(21)17-8-9-17)11-16-7-5-6-15(2)10-16/h5-7,10,12-14,17H,4,8-9,11H2,1-3H3. The first-order chi connectivity index (χ1) is 12.8. The fourth-order valence-corrected chi connectivity index (χ4v) is 3.18. The molecule has 3 rings (SSSR count). The Morgan fingerprint density at radius 3 is 2.52 bits per heavy atom. The molecular formula is C22H25F3N2. The van der Waals surface area contributed by atoms with E-state index in [9.17, 15) is 13.2 Å². The summed E-state index contributed by atoms with van der Waals surface area (Å²) in [5.41, 5.74) is 3.07. The van der Waals surface area contributed by atoms with Crippen LogP contribution in [-0.4, -0.2) is 24.8 Å². The van der Waals surface area contributed by atoms with E-state index in [0.717, 1.165) is 36.1 Å². The molecule has 0 saturated heterocycles. The highest BCUT2D eigenvalue weighted by Crippen LogP contribution is 2.47. The Balaban J connectivity index is 2.06. The Labute approximate surface area is 158 Å². The Kier molecular flexibility index (Phi) is 5.59. The van der Waals surface area contributed by atoms with Gasteiger partial charge < -0.3 is 4.90 Å². The van der Waals surface area contributed by atoms with Gasteiger partial charge in [0.1, 0.15) is 0 Å². The van der Waals surface area contributed by atoms with Gasteiger partial charge in [-0.3, -0.25) is 0 Å². The minimum Gasteiger partial charge on any atom is -0.366 e.